The summed E-state index contributed by atoms with van der Waals surface area (Å²) in [5.74, 6) is 0.0677. The van der Waals surface area contributed by atoms with E-state index in [4.69, 9.17) is 0 Å². The Labute approximate surface area is 187 Å². The third kappa shape index (κ3) is 5.04. The molecule has 160 valence electrons. The number of fused-ring (bicyclic) bond motifs is 1. The number of hydrogen-bond donors (Lipinski definition) is 0. The standard InChI is InChI=1S/C22H27BrN2O3SSi/c1-30(2,3)17-24(22(26)15-23)14-13-18-16-25(21-12-8-7-11-20(18)21)29(27,28)19-9-5-4-6-10-19/h4-12,16H,13-15,17H2,1-3H3. The lowest BCUT2D eigenvalue weighted by molar-refractivity contribution is -0.127. The van der Waals surface area contributed by atoms with Gasteiger partial charge in [-0.2, -0.15) is 0 Å². The molecule has 3 aromatic rings. The molecule has 2 aromatic carbocycles. The first-order valence-electron chi connectivity index (χ1n) is 9.87. The van der Waals surface area contributed by atoms with E-state index < -0.39 is 18.1 Å². The summed E-state index contributed by atoms with van der Waals surface area (Å²) in [5.41, 5.74) is 1.58. The molecule has 0 unspecified atom stereocenters. The molecule has 0 saturated heterocycles. The van der Waals surface area contributed by atoms with Crippen LogP contribution in [0.2, 0.25) is 19.6 Å². The van der Waals surface area contributed by atoms with Gasteiger partial charge in [0.05, 0.1) is 23.8 Å². The quantitative estimate of drug-likeness (QED) is 0.333. The lowest BCUT2D eigenvalue weighted by atomic mass is 10.1. The maximum atomic E-state index is 13.2. The zero-order valence-corrected chi connectivity index (χ0v) is 20.9. The van der Waals surface area contributed by atoms with Gasteiger partial charge in [-0.15, -0.1) is 0 Å². The molecule has 0 spiro atoms. The fraction of sp³-hybridized carbons (Fsp3) is 0.318. The predicted octanol–water partition coefficient (Wildman–Crippen LogP) is 4.52. The second-order valence-electron chi connectivity index (χ2n) is 8.54. The minimum Gasteiger partial charge on any atom is -0.345 e. The van der Waals surface area contributed by atoms with Crippen LogP contribution < -0.4 is 0 Å². The molecule has 1 heterocycles. The van der Waals surface area contributed by atoms with Gasteiger partial charge in [-0.05, 0) is 30.2 Å². The summed E-state index contributed by atoms with van der Waals surface area (Å²) >= 11 is 3.29. The normalized spacial score (nSPS) is 12.3. The van der Waals surface area contributed by atoms with E-state index in [1.807, 2.05) is 29.2 Å². The van der Waals surface area contributed by atoms with Crippen LogP contribution >= 0.6 is 15.9 Å². The lowest BCUT2D eigenvalue weighted by Gasteiger charge is -2.28. The molecule has 3 rings (SSSR count). The maximum absolute atomic E-state index is 13.2. The Kier molecular flexibility index (Phi) is 6.89. The average molecular weight is 508 g/mol. The van der Waals surface area contributed by atoms with Gasteiger partial charge >= 0.3 is 0 Å². The van der Waals surface area contributed by atoms with Crippen molar-refractivity contribution < 1.29 is 13.2 Å². The van der Waals surface area contributed by atoms with Crippen LogP contribution in [0.5, 0.6) is 0 Å². The number of rotatable bonds is 8. The summed E-state index contributed by atoms with van der Waals surface area (Å²) in [6.45, 7) is 7.27. The van der Waals surface area contributed by atoms with Gasteiger partial charge in [0.15, 0.2) is 0 Å². The van der Waals surface area contributed by atoms with Gasteiger partial charge in [-0.1, -0.05) is 72.0 Å². The molecule has 0 aliphatic rings. The number of halogens is 1. The zero-order chi connectivity index (χ0) is 21.9. The summed E-state index contributed by atoms with van der Waals surface area (Å²) in [6.07, 6.45) is 3.08. The van der Waals surface area contributed by atoms with Crippen LogP contribution in [-0.4, -0.2) is 49.3 Å². The second-order valence-corrected chi connectivity index (χ2v) is 16.4. The Balaban J connectivity index is 1.97. The summed E-state index contributed by atoms with van der Waals surface area (Å²) in [4.78, 5) is 14.6. The zero-order valence-electron chi connectivity index (χ0n) is 17.5. The van der Waals surface area contributed by atoms with E-state index in [-0.39, 0.29) is 10.8 Å². The summed E-state index contributed by atoms with van der Waals surface area (Å²) in [7, 11) is -5.17. The third-order valence-corrected chi connectivity index (χ3v) is 8.34. The number of alkyl halides is 1. The molecular formula is C22H27BrN2O3SSi. The molecule has 0 N–H and O–H groups in total. The lowest BCUT2D eigenvalue weighted by Crippen LogP contribution is -2.45. The molecule has 30 heavy (non-hydrogen) atoms. The highest BCUT2D eigenvalue weighted by Gasteiger charge is 2.24. The summed E-state index contributed by atoms with van der Waals surface area (Å²) < 4.78 is 27.8. The molecular weight excluding hydrogens is 480 g/mol. The Bertz CT molecular complexity index is 1140. The number of amides is 1. The van der Waals surface area contributed by atoms with Crippen molar-refractivity contribution in [1.82, 2.24) is 8.87 Å². The highest BCUT2D eigenvalue weighted by Crippen LogP contribution is 2.26. The number of hydrogen-bond acceptors (Lipinski definition) is 3. The first-order chi connectivity index (χ1) is 14.1. The smallest absolute Gasteiger partial charge is 0.268 e. The van der Waals surface area contributed by atoms with Crippen molar-refractivity contribution in [2.24, 2.45) is 0 Å². The molecule has 5 nitrogen and oxygen atoms in total. The van der Waals surface area contributed by atoms with E-state index in [0.717, 1.165) is 17.1 Å². The van der Waals surface area contributed by atoms with Crippen LogP contribution in [0.4, 0.5) is 0 Å². The van der Waals surface area contributed by atoms with Crippen molar-refractivity contribution in [2.45, 2.75) is 31.0 Å². The van der Waals surface area contributed by atoms with Crippen molar-refractivity contribution in [1.29, 1.82) is 0 Å². The fourth-order valence-corrected chi connectivity index (χ4v) is 6.77. The van der Waals surface area contributed by atoms with Gasteiger partial charge in [-0.25, -0.2) is 12.4 Å². The van der Waals surface area contributed by atoms with Crippen LogP contribution in [-0.2, 0) is 21.2 Å². The van der Waals surface area contributed by atoms with Gasteiger partial charge in [-0.3, -0.25) is 4.79 Å². The summed E-state index contributed by atoms with van der Waals surface area (Å²) in [5, 5.41) is 1.19. The minimum atomic E-state index is -3.70. The van der Waals surface area contributed by atoms with Crippen LogP contribution in [0.25, 0.3) is 10.9 Å². The second kappa shape index (κ2) is 9.07. The number of aromatic nitrogens is 1. The van der Waals surface area contributed by atoms with Crippen LogP contribution in [0.15, 0.2) is 65.7 Å². The summed E-state index contributed by atoms with van der Waals surface area (Å²) in [6, 6.07) is 16.0. The molecule has 0 atom stereocenters. The molecule has 0 aliphatic carbocycles. The van der Waals surface area contributed by atoms with Crippen molar-refractivity contribution in [3.8, 4) is 0 Å². The molecule has 0 saturated carbocycles. The predicted molar refractivity (Wildman–Crippen MR) is 128 cm³/mol. The van der Waals surface area contributed by atoms with E-state index in [2.05, 4.69) is 35.6 Å². The molecule has 0 bridgehead atoms. The highest BCUT2D eigenvalue weighted by molar-refractivity contribution is 9.09. The van der Waals surface area contributed by atoms with Gasteiger partial charge in [0.25, 0.3) is 10.0 Å². The van der Waals surface area contributed by atoms with E-state index >= 15 is 0 Å². The Morgan fingerprint density at radius 3 is 2.30 bits per heavy atom. The largest absolute Gasteiger partial charge is 0.345 e. The molecule has 0 fully saturated rings. The number of nitrogens with zero attached hydrogens (tertiary/aromatic N) is 2. The first-order valence-corrected chi connectivity index (χ1v) is 16.1. The van der Waals surface area contributed by atoms with E-state index in [1.54, 1.807) is 36.5 Å². The van der Waals surface area contributed by atoms with E-state index in [9.17, 15) is 13.2 Å². The molecule has 0 aliphatic heterocycles. The Morgan fingerprint density at radius 2 is 1.67 bits per heavy atom. The average Bonchev–Trinajstić information content (AvgIpc) is 3.10. The molecule has 1 amide bonds. The van der Waals surface area contributed by atoms with Gasteiger partial charge in [0.2, 0.25) is 5.91 Å². The number of benzene rings is 2. The van der Waals surface area contributed by atoms with Crippen molar-refractivity contribution in [3.05, 3.63) is 66.4 Å². The number of carbonyl (C=O) groups excluding carboxylic acids is 1. The highest BCUT2D eigenvalue weighted by atomic mass is 79.9. The SMILES string of the molecule is C[Si](C)(C)CN(CCc1cn(S(=O)(=O)c2ccccc2)c2ccccc12)C(=O)CBr. The monoisotopic (exact) mass is 506 g/mol. The van der Waals surface area contributed by atoms with Crippen LogP contribution in [0.3, 0.4) is 0 Å². The van der Waals surface area contributed by atoms with E-state index in [0.29, 0.717) is 23.8 Å². The van der Waals surface area contributed by atoms with Crippen LogP contribution in [0, 0.1) is 0 Å². The van der Waals surface area contributed by atoms with Gasteiger partial charge < -0.3 is 4.90 Å². The topological polar surface area (TPSA) is 59.4 Å². The molecule has 0 radical (unpaired) electrons. The van der Waals surface area contributed by atoms with Gasteiger partial charge in [0.1, 0.15) is 0 Å². The van der Waals surface area contributed by atoms with Crippen molar-refractivity contribution >= 4 is 50.8 Å². The maximum Gasteiger partial charge on any atom is 0.268 e. The van der Waals surface area contributed by atoms with Crippen molar-refractivity contribution in [3.63, 3.8) is 0 Å². The Hall–Kier alpha value is -1.90. The number of carbonyl (C=O) groups is 1. The van der Waals surface area contributed by atoms with E-state index in [1.165, 1.54) is 3.97 Å². The first kappa shape index (κ1) is 22.8. The fourth-order valence-electron chi connectivity index (χ4n) is 3.53. The Morgan fingerprint density at radius 1 is 1.03 bits per heavy atom. The molecule has 1 aromatic heterocycles. The van der Waals surface area contributed by atoms with Crippen molar-refractivity contribution in [2.75, 3.05) is 18.0 Å². The number of para-hydroxylation sites is 1. The minimum absolute atomic E-state index is 0.0677. The molecule has 8 heteroatoms. The van der Waals surface area contributed by atoms with Gasteiger partial charge in [0, 0.05) is 24.3 Å². The third-order valence-electron chi connectivity index (χ3n) is 4.84. The van der Waals surface area contributed by atoms with Crippen LogP contribution in [0.1, 0.15) is 5.56 Å².